The van der Waals surface area contributed by atoms with Gasteiger partial charge in [-0.25, -0.2) is 0 Å². The highest BCUT2D eigenvalue weighted by Crippen LogP contribution is 2.10. The molecule has 0 bridgehead atoms. The molecule has 0 heterocycles. The number of rotatable bonds is 10. The summed E-state index contributed by atoms with van der Waals surface area (Å²) in [5.74, 6) is 0. The van der Waals surface area contributed by atoms with Gasteiger partial charge in [-0.1, -0.05) is 38.1 Å². The molecule has 0 aliphatic carbocycles. The van der Waals surface area contributed by atoms with Gasteiger partial charge in [-0.05, 0) is 37.1 Å². The van der Waals surface area contributed by atoms with E-state index >= 15 is 0 Å². The van der Waals surface area contributed by atoms with Gasteiger partial charge in [0, 0.05) is 20.1 Å². The Morgan fingerprint density at radius 2 is 1.81 bits per heavy atom. The summed E-state index contributed by atoms with van der Waals surface area (Å²) >= 11 is 0. The molecule has 0 amide bonds. The summed E-state index contributed by atoms with van der Waals surface area (Å²) in [4.78, 5) is 0. The van der Waals surface area contributed by atoms with Crippen LogP contribution in [-0.4, -0.2) is 39.4 Å². The van der Waals surface area contributed by atoms with E-state index in [1.165, 1.54) is 9.87 Å². The minimum atomic E-state index is -3.42. The highest BCUT2D eigenvalue weighted by molar-refractivity contribution is 7.87. The molecule has 1 rings (SSSR count). The summed E-state index contributed by atoms with van der Waals surface area (Å²) in [6.45, 7) is 6.69. The second kappa shape index (κ2) is 9.15. The zero-order chi connectivity index (χ0) is 15.7. The monoisotopic (exact) mass is 313 g/mol. The van der Waals surface area contributed by atoms with Crippen LogP contribution in [0.2, 0.25) is 0 Å². The summed E-state index contributed by atoms with van der Waals surface area (Å²) in [6, 6.07) is 7.91. The summed E-state index contributed by atoms with van der Waals surface area (Å²) in [6.07, 6.45) is 1.70. The highest BCUT2D eigenvalue weighted by atomic mass is 32.2. The first-order valence-corrected chi connectivity index (χ1v) is 8.93. The Balaban J connectivity index is 2.52. The van der Waals surface area contributed by atoms with E-state index in [-0.39, 0.29) is 0 Å². The predicted octanol–water partition coefficient (Wildman–Crippen LogP) is 1.51. The van der Waals surface area contributed by atoms with Gasteiger partial charge < -0.3 is 5.32 Å². The molecule has 120 valence electrons. The lowest BCUT2D eigenvalue weighted by atomic mass is 10.1. The van der Waals surface area contributed by atoms with Crippen molar-refractivity contribution in [3.8, 4) is 0 Å². The highest BCUT2D eigenvalue weighted by Gasteiger charge is 2.16. The quantitative estimate of drug-likeness (QED) is 0.644. The number of hydrogen-bond donors (Lipinski definition) is 2. The number of aryl methyl sites for hydroxylation is 1. The van der Waals surface area contributed by atoms with Crippen LogP contribution < -0.4 is 10.0 Å². The van der Waals surface area contributed by atoms with Gasteiger partial charge in [-0.3, -0.25) is 0 Å². The van der Waals surface area contributed by atoms with Crippen LogP contribution in [0.15, 0.2) is 24.3 Å². The molecule has 1 aromatic rings. The summed E-state index contributed by atoms with van der Waals surface area (Å²) in [5.41, 5.74) is 2.21. The molecule has 0 radical (unpaired) electrons. The molecule has 5 nitrogen and oxygen atoms in total. The maximum Gasteiger partial charge on any atom is 0.279 e. The SMILES string of the molecule is CCNCCCN(C)S(=O)(=O)NCc1ccccc1CC. The van der Waals surface area contributed by atoms with Crippen molar-refractivity contribution < 1.29 is 8.42 Å². The maximum atomic E-state index is 12.2. The first-order valence-electron chi connectivity index (χ1n) is 7.49. The van der Waals surface area contributed by atoms with E-state index in [4.69, 9.17) is 0 Å². The van der Waals surface area contributed by atoms with E-state index in [9.17, 15) is 8.42 Å². The third-order valence-corrected chi connectivity index (χ3v) is 4.94. The first kappa shape index (κ1) is 18.1. The molecular weight excluding hydrogens is 286 g/mol. The van der Waals surface area contributed by atoms with E-state index in [1.54, 1.807) is 7.05 Å². The van der Waals surface area contributed by atoms with Crippen LogP contribution in [0.5, 0.6) is 0 Å². The van der Waals surface area contributed by atoms with Crippen molar-refractivity contribution in [2.45, 2.75) is 33.2 Å². The number of hydrogen-bond acceptors (Lipinski definition) is 3. The topological polar surface area (TPSA) is 61.4 Å². The Kier molecular flexibility index (Phi) is 7.88. The average Bonchev–Trinajstić information content (AvgIpc) is 2.49. The van der Waals surface area contributed by atoms with Crippen molar-refractivity contribution >= 4 is 10.2 Å². The molecular formula is C15H27N3O2S. The summed E-state index contributed by atoms with van der Waals surface area (Å²) < 4.78 is 28.4. The van der Waals surface area contributed by atoms with Crippen molar-refractivity contribution in [2.24, 2.45) is 0 Å². The van der Waals surface area contributed by atoms with Crippen LogP contribution in [0.4, 0.5) is 0 Å². The standard InChI is InChI=1S/C15H27N3O2S/c1-4-14-9-6-7-10-15(14)13-17-21(19,20)18(3)12-8-11-16-5-2/h6-7,9-10,16-17H,4-5,8,11-13H2,1-3H3. The first-order chi connectivity index (χ1) is 10.0. The number of benzene rings is 1. The second-order valence-corrected chi connectivity index (χ2v) is 6.84. The molecule has 2 N–H and O–H groups in total. The fraction of sp³-hybridized carbons (Fsp3) is 0.600. The molecule has 0 saturated heterocycles. The van der Waals surface area contributed by atoms with Gasteiger partial charge in [0.2, 0.25) is 0 Å². The van der Waals surface area contributed by atoms with Crippen LogP contribution in [0.3, 0.4) is 0 Å². The molecule has 0 fully saturated rings. The Bertz CT molecular complexity index is 517. The van der Waals surface area contributed by atoms with Crippen molar-refractivity contribution in [1.82, 2.24) is 14.3 Å². The van der Waals surface area contributed by atoms with E-state index < -0.39 is 10.2 Å². The van der Waals surface area contributed by atoms with Crippen LogP contribution in [-0.2, 0) is 23.2 Å². The molecule has 0 spiro atoms. The van der Waals surface area contributed by atoms with E-state index in [1.807, 2.05) is 31.2 Å². The van der Waals surface area contributed by atoms with Gasteiger partial charge >= 0.3 is 0 Å². The van der Waals surface area contributed by atoms with Crippen LogP contribution in [0.25, 0.3) is 0 Å². The van der Waals surface area contributed by atoms with Gasteiger partial charge in [-0.15, -0.1) is 0 Å². The van der Waals surface area contributed by atoms with Gasteiger partial charge in [0.15, 0.2) is 0 Å². The lowest BCUT2D eigenvalue weighted by molar-refractivity contribution is 0.445. The number of nitrogens with one attached hydrogen (secondary N) is 2. The van der Waals surface area contributed by atoms with Crippen LogP contribution >= 0.6 is 0 Å². The van der Waals surface area contributed by atoms with Crippen molar-refractivity contribution in [3.63, 3.8) is 0 Å². The zero-order valence-corrected chi connectivity index (χ0v) is 14.0. The molecule has 0 aromatic heterocycles. The Morgan fingerprint density at radius 3 is 2.43 bits per heavy atom. The lowest BCUT2D eigenvalue weighted by Crippen LogP contribution is -2.39. The molecule has 0 aliphatic heterocycles. The van der Waals surface area contributed by atoms with Gasteiger partial charge in [0.1, 0.15) is 0 Å². The largest absolute Gasteiger partial charge is 0.317 e. The third kappa shape index (κ3) is 6.13. The lowest BCUT2D eigenvalue weighted by Gasteiger charge is -2.18. The molecule has 21 heavy (non-hydrogen) atoms. The fourth-order valence-electron chi connectivity index (χ4n) is 2.08. The van der Waals surface area contributed by atoms with Gasteiger partial charge in [0.05, 0.1) is 0 Å². The predicted molar refractivity (Wildman–Crippen MR) is 87.4 cm³/mol. The van der Waals surface area contributed by atoms with E-state index in [0.717, 1.165) is 31.5 Å². The molecule has 0 aliphatic rings. The van der Waals surface area contributed by atoms with E-state index in [2.05, 4.69) is 17.0 Å². The fourth-order valence-corrected chi connectivity index (χ4v) is 3.01. The van der Waals surface area contributed by atoms with Crippen LogP contribution in [0, 0.1) is 0 Å². The second-order valence-electron chi connectivity index (χ2n) is 4.98. The minimum absolute atomic E-state index is 0.337. The molecule has 6 heteroatoms. The van der Waals surface area contributed by atoms with E-state index in [0.29, 0.717) is 13.1 Å². The van der Waals surface area contributed by atoms with Crippen molar-refractivity contribution in [3.05, 3.63) is 35.4 Å². The Hall–Kier alpha value is -0.950. The Morgan fingerprint density at radius 1 is 1.14 bits per heavy atom. The zero-order valence-electron chi connectivity index (χ0n) is 13.2. The van der Waals surface area contributed by atoms with Gasteiger partial charge in [-0.2, -0.15) is 17.4 Å². The smallest absolute Gasteiger partial charge is 0.279 e. The average molecular weight is 313 g/mol. The van der Waals surface area contributed by atoms with Gasteiger partial charge in [0.25, 0.3) is 10.2 Å². The normalized spacial score (nSPS) is 12.0. The third-order valence-electron chi connectivity index (χ3n) is 3.43. The summed E-state index contributed by atoms with van der Waals surface area (Å²) in [5, 5.41) is 3.19. The van der Waals surface area contributed by atoms with Crippen molar-refractivity contribution in [2.75, 3.05) is 26.7 Å². The molecule has 0 atom stereocenters. The Labute approximate surface area is 128 Å². The summed E-state index contributed by atoms with van der Waals surface area (Å²) in [7, 11) is -1.80. The van der Waals surface area contributed by atoms with Crippen LogP contribution in [0.1, 0.15) is 31.4 Å². The minimum Gasteiger partial charge on any atom is -0.317 e. The molecule has 1 aromatic carbocycles. The molecule has 0 saturated carbocycles. The number of nitrogens with zero attached hydrogens (tertiary/aromatic N) is 1. The molecule has 0 unspecified atom stereocenters. The maximum absolute atomic E-state index is 12.2. The van der Waals surface area contributed by atoms with Crippen molar-refractivity contribution in [1.29, 1.82) is 0 Å².